The molecule has 0 radical (unpaired) electrons. The number of amides is 18. The molecular formula is C89H144FN23O21S3. The summed E-state index contributed by atoms with van der Waals surface area (Å²) in [6, 6.07) is -16.6. The normalized spacial score (nSPS) is 24.9. The standard InChI is InChI=1S/C89H144FN23O21S3/c1-9-10-24-60-86(132)113-46-54(90)45-69(113)84(130)97-51(6)73(119)108-64(47-114)80(126)107-63(44-53-22-12-11-13-23-53)79(125)109-65(81(127)105-61(26-15-17-36-92)85(131)112-40-21-30-68(112)87(133)110-38-19-28-66(110)82(128)99-55(72(93)118)31-32-70(116)117)48-137-136-42-34-59(102-76(122)58(33-41-135-8)103-83(129)67-29-20-39-111(67)88(134)71(50(4)5)98-52(7)115)77(123)106-62(43-49(2)3)78(124)101-57(27-18-37-96-89(94)95)74(120)100-56(75(121)104-60)25-14-16-35-91/h11-13,22-23,49-51,54-69,71,114H,9-10,14-21,24-48,91-92H2,1-8H3,(H2,93,118)(H,97,130)(H,98,115)(H,99,128)(H,100,120)(H,101,124)(H,102,122)(H,103,129)(H,104,121)(H,105,127)(H,106,123)(H,107,126)(H,108,119)(H,109,125)(H,116,117)(H4,94,95,96)/t51-,54+,55-,56-,57-,58-,59?,60-,61?,62-,63-,64-,65-,66-,67-,68-,69-,71-/m0/s1. The van der Waals surface area contributed by atoms with Gasteiger partial charge < -0.3 is 128 Å². The number of guanidine groups is 1. The number of unbranched alkanes of at least 4 members (excludes halogenated alkanes) is 3. The van der Waals surface area contributed by atoms with Gasteiger partial charge in [-0.3, -0.25) is 96.1 Å². The topological polar surface area (TPSA) is 677 Å². The molecule has 6 rings (SSSR count). The maximum atomic E-state index is 15.9. The Morgan fingerprint density at radius 1 is 0.584 bits per heavy atom. The number of carboxylic acids is 1. The van der Waals surface area contributed by atoms with Crippen LogP contribution in [0.5, 0.6) is 0 Å². The first-order valence-corrected chi connectivity index (χ1v) is 51.2. The predicted octanol–water partition coefficient (Wildman–Crippen LogP) is -3.43. The Morgan fingerprint density at radius 2 is 1.13 bits per heavy atom. The minimum atomic E-state index is -1.89. The molecule has 18 amide bonds. The first kappa shape index (κ1) is 115. The molecule has 766 valence electrons. The number of rotatable bonds is 40. The van der Waals surface area contributed by atoms with Crippen molar-refractivity contribution in [1.29, 1.82) is 0 Å². The monoisotopic (exact) mass is 1990 g/mol. The van der Waals surface area contributed by atoms with Crippen molar-refractivity contribution in [1.82, 2.24) is 88.7 Å². The number of aliphatic hydroxyl groups excluding tert-OH is 1. The molecule has 5 saturated heterocycles. The molecule has 2 unspecified atom stereocenters. The Hall–Kier alpha value is -10.7. The summed E-state index contributed by atoms with van der Waals surface area (Å²) in [6.07, 6.45) is 0.619. The van der Waals surface area contributed by atoms with Gasteiger partial charge in [0, 0.05) is 63.9 Å². The number of aliphatic imine (C=N–C) groups is 1. The molecule has 48 heteroatoms. The van der Waals surface area contributed by atoms with Gasteiger partial charge in [0.05, 0.1) is 13.2 Å². The maximum Gasteiger partial charge on any atom is 0.303 e. The van der Waals surface area contributed by atoms with E-state index in [0.717, 1.165) is 26.5 Å². The van der Waals surface area contributed by atoms with Crippen molar-refractivity contribution < 1.29 is 106 Å². The van der Waals surface area contributed by atoms with E-state index < -0.39 is 265 Å². The van der Waals surface area contributed by atoms with Crippen molar-refractivity contribution in [2.45, 2.75) is 311 Å². The summed E-state index contributed by atoms with van der Waals surface area (Å²) in [5.41, 5.74) is 29.3. The number of carbonyl (C=O) groups is 19. The number of nitrogens with zero attached hydrogens (tertiary/aromatic N) is 5. The second-order valence-electron chi connectivity index (χ2n) is 35.9. The quantitative estimate of drug-likeness (QED) is 0.0132. The number of aliphatic carboxylic acids is 1. The van der Waals surface area contributed by atoms with Crippen LogP contribution < -0.4 is 97.8 Å². The van der Waals surface area contributed by atoms with Crippen molar-refractivity contribution in [3.63, 3.8) is 0 Å². The number of halogens is 1. The van der Waals surface area contributed by atoms with Crippen molar-refractivity contribution in [3.8, 4) is 0 Å². The summed E-state index contributed by atoms with van der Waals surface area (Å²) in [5.74, 6) is -18.4. The predicted molar refractivity (Wildman–Crippen MR) is 511 cm³/mol. The van der Waals surface area contributed by atoms with E-state index in [4.69, 9.17) is 28.7 Å². The lowest BCUT2D eigenvalue weighted by molar-refractivity contribution is -0.148. The molecule has 5 heterocycles. The summed E-state index contributed by atoms with van der Waals surface area (Å²) in [7, 11) is 1.94. The Balaban J connectivity index is 1.49. The molecule has 44 nitrogen and oxygen atoms in total. The van der Waals surface area contributed by atoms with E-state index in [1.807, 2.05) is 0 Å². The van der Waals surface area contributed by atoms with E-state index in [-0.39, 0.29) is 159 Å². The lowest BCUT2D eigenvalue weighted by atomic mass is 10.0. The Bertz CT molecular complexity index is 4320. The molecule has 25 N–H and O–H groups in total. The molecule has 0 aromatic heterocycles. The maximum absolute atomic E-state index is 15.9. The average molecular weight is 1990 g/mol. The largest absolute Gasteiger partial charge is 0.481 e. The third kappa shape index (κ3) is 36.9. The highest BCUT2D eigenvalue weighted by molar-refractivity contribution is 8.76. The number of nitrogens with one attached hydrogen (secondary N) is 13. The highest BCUT2D eigenvalue weighted by Gasteiger charge is 2.48. The average Bonchev–Trinajstić information content (AvgIpc) is 1.66. The van der Waals surface area contributed by atoms with Crippen LogP contribution in [-0.4, -0.2) is 333 Å². The van der Waals surface area contributed by atoms with Gasteiger partial charge in [0.15, 0.2) is 5.96 Å². The second-order valence-corrected chi connectivity index (χ2v) is 39.5. The van der Waals surface area contributed by atoms with Crippen LogP contribution >= 0.6 is 33.3 Å². The van der Waals surface area contributed by atoms with Crippen LogP contribution in [0.15, 0.2) is 35.3 Å². The summed E-state index contributed by atoms with van der Waals surface area (Å²) >= 11 is 1.32. The second kappa shape index (κ2) is 58.9. The molecule has 5 fully saturated rings. The zero-order valence-electron chi connectivity index (χ0n) is 79.6. The number of carbonyl (C=O) groups excluding carboxylic acids is 18. The molecular weight excluding hydrogens is 1840 g/mol. The van der Waals surface area contributed by atoms with E-state index in [1.54, 1.807) is 71.2 Å². The summed E-state index contributed by atoms with van der Waals surface area (Å²) in [4.78, 5) is 283. The molecule has 1 aromatic rings. The highest BCUT2D eigenvalue weighted by Crippen LogP contribution is 2.30. The molecule has 1 aromatic carbocycles. The smallest absolute Gasteiger partial charge is 0.303 e. The Morgan fingerprint density at radius 3 is 1.72 bits per heavy atom. The minimum Gasteiger partial charge on any atom is -0.481 e. The number of nitrogens with two attached hydrogens (primary N) is 5. The van der Waals surface area contributed by atoms with Crippen LogP contribution in [0.3, 0.4) is 0 Å². The van der Waals surface area contributed by atoms with Gasteiger partial charge in [-0.2, -0.15) is 11.8 Å². The van der Waals surface area contributed by atoms with Crippen LogP contribution in [0.2, 0.25) is 0 Å². The summed E-state index contributed by atoms with van der Waals surface area (Å²) < 4.78 is 15.9. The molecule has 0 bridgehead atoms. The van der Waals surface area contributed by atoms with E-state index in [9.17, 15) is 67.7 Å². The van der Waals surface area contributed by atoms with Gasteiger partial charge in [0.25, 0.3) is 0 Å². The van der Waals surface area contributed by atoms with Crippen LogP contribution in [0.1, 0.15) is 202 Å². The lowest BCUT2D eigenvalue weighted by Crippen LogP contribution is -2.61. The number of likely N-dealkylation sites (tertiary alicyclic amines) is 3. The lowest BCUT2D eigenvalue weighted by Gasteiger charge is -2.33. The van der Waals surface area contributed by atoms with Crippen molar-refractivity contribution >= 4 is 152 Å². The van der Waals surface area contributed by atoms with Gasteiger partial charge in [-0.15, -0.1) is 0 Å². The van der Waals surface area contributed by atoms with E-state index in [2.05, 4.69) is 74.1 Å². The van der Waals surface area contributed by atoms with Gasteiger partial charge in [-0.05, 0) is 171 Å². The number of carboxylic acid groups (broad SMARTS) is 1. The molecule has 137 heavy (non-hydrogen) atoms. The van der Waals surface area contributed by atoms with Crippen molar-refractivity contribution in [2.75, 3.05) is 75.9 Å². The number of hydrogen-bond donors (Lipinski definition) is 20. The van der Waals surface area contributed by atoms with Crippen LogP contribution in [0.4, 0.5) is 4.39 Å². The fraction of sp³-hybridized carbons (Fsp3) is 0.708. The molecule has 18 atom stereocenters. The molecule has 0 saturated carbocycles. The van der Waals surface area contributed by atoms with Gasteiger partial charge in [-0.25, -0.2) is 4.39 Å². The number of primary amides is 1. The molecule has 5 aliphatic heterocycles. The van der Waals surface area contributed by atoms with Crippen molar-refractivity contribution in [3.05, 3.63) is 35.9 Å². The first-order valence-electron chi connectivity index (χ1n) is 47.3. The number of alkyl halides is 1. The number of aliphatic hydroxyl groups is 1. The van der Waals surface area contributed by atoms with Crippen molar-refractivity contribution in [2.24, 2.45) is 45.5 Å². The number of fused-ring (bicyclic) bond motifs is 1. The minimum absolute atomic E-state index is 0.0120. The van der Waals surface area contributed by atoms with Crippen LogP contribution in [0.25, 0.3) is 0 Å². The number of thioether (sulfide) groups is 1. The Labute approximate surface area is 810 Å². The molecule has 5 aliphatic rings. The number of hydrogen-bond acceptors (Lipinski definition) is 26. The van der Waals surface area contributed by atoms with E-state index in [0.29, 0.717) is 44.1 Å². The fourth-order valence-electron chi connectivity index (χ4n) is 16.8. The van der Waals surface area contributed by atoms with Gasteiger partial charge in [-0.1, -0.05) is 99.4 Å². The summed E-state index contributed by atoms with van der Waals surface area (Å²) in [6.45, 7) is 9.84. The fourth-order valence-corrected chi connectivity index (χ4v) is 19.5. The highest BCUT2D eigenvalue weighted by atomic mass is 33.1. The Kier molecular flexibility index (Phi) is 49.4. The van der Waals surface area contributed by atoms with Crippen LogP contribution in [0, 0.1) is 11.8 Å². The third-order valence-electron chi connectivity index (χ3n) is 24.3. The zero-order valence-corrected chi connectivity index (χ0v) is 82.0. The number of benzene rings is 1. The van der Waals surface area contributed by atoms with Gasteiger partial charge in [0.2, 0.25) is 106 Å². The third-order valence-corrected chi connectivity index (χ3v) is 27.3. The zero-order chi connectivity index (χ0) is 101. The molecule has 0 spiro atoms. The van der Waals surface area contributed by atoms with Crippen LogP contribution in [-0.2, 0) is 97.5 Å². The summed E-state index contributed by atoms with van der Waals surface area (Å²) in [5, 5.41) is 54.9. The van der Waals surface area contributed by atoms with E-state index in [1.165, 1.54) is 40.3 Å². The van der Waals surface area contributed by atoms with Gasteiger partial charge >= 0.3 is 5.97 Å². The molecule has 0 aliphatic carbocycles. The van der Waals surface area contributed by atoms with E-state index >= 15 is 38.0 Å². The SMILES string of the molecule is CCCC[C@@H]1NC(=O)[C@H](CCCCN)NC(=O)[C@H](CCCN=C(N)N)NC(=O)[C@H](CC(C)C)NC(=O)C(NC(=O)[C@H](CCSC)NC(=O)[C@@H]2CCCN2C(=O)[C@@H](NC(C)=O)C(C)C)CCSSC[C@@H](C(=O)NC(CCCCN)C(=O)N2CCC[C@H]2C(=O)N2CCC[C@H]2C(=O)N[C@@H](CCC(=O)O)C(N)=O)NC(=O)[C@H](Cc2ccccc2)NC(=O)[C@H](CO)NC(=O)[C@H](C)NC(=O)[C@@H]2C[C@@H](F)CN2C1=O. The first-order chi connectivity index (χ1) is 65.2. The van der Waals surface area contributed by atoms with Gasteiger partial charge in [0.1, 0.15) is 109 Å².